The Labute approximate surface area is 289 Å². The summed E-state index contributed by atoms with van der Waals surface area (Å²) in [4.78, 5) is 59.1. The molecular formula is C38H50N2O9. The summed E-state index contributed by atoms with van der Waals surface area (Å²) in [6.07, 6.45) is 0.430. The Kier molecular flexibility index (Phi) is 10.1. The van der Waals surface area contributed by atoms with Crippen molar-refractivity contribution in [2.24, 2.45) is 5.41 Å². The zero-order valence-electron chi connectivity index (χ0n) is 30.1. The molecule has 11 heteroatoms. The molecule has 0 aromatic heterocycles. The Morgan fingerprint density at radius 3 is 2.14 bits per heavy atom. The molecule has 5 rings (SSSR count). The molecule has 0 radical (unpaired) electrons. The molecule has 49 heavy (non-hydrogen) atoms. The number of hydrogen-bond acceptors (Lipinski definition) is 9. The van der Waals surface area contributed by atoms with Crippen LogP contribution in [-0.4, -0.2) is 73.4 Å². The number of ketones is 1. The van der Waals surface area contributed by atoms with Gasteiger partial charge in [0, 0.05) is 31.4 Å². The van der Waals surface area contributed by atoms with Gasteiger partial charge in [-0.25, -0.2) is 9.59 Å². The van der Waals surface area contributed by atoms with Crippen LogP contribution in [0.25, 0.3) is 0 Å². The van der Waals surface area contributed by atoms with Crippen molar-refractivity contribution < 1.29 is 42.9 Å². The summed E-state index contributed by atoms with van der Waals surface area (Å²) in [5.74, 6) is 0.415. The van der Waals surface area contributed by atoms with E-state index in [0.29, 0.717) is 51.0 Å². The van der Waals surface area contributed by atoms with E-state index in [9.17, 15) is 19.2 Å². The first-order valence-corrected chi connectivity index (χ1v) is 17.0. The summed E-state index contributed by atoms with van der Waals surface area (Å²) in [5, 5.41) is 0. The van der Waals surface area contributed by atoms with Crippen molar-refractivity contribution >= 4 is 29.6 Å². The van der Waals surface area contributed by atoms with Crippen molar-refractivity contribution in [2.75, 3.05) is 32.3 Å². The number of carbonyl (C=O) groups is 4. The van der Waals surface area contributed by atoms with E-state index in [1.807, 2.05) is 35.2 Å². The second kappa shape index (κ2) is 13.7. The maximum atomic E-state index is 14.2. The van der Waals surface area contributed by atoms with Crippen molar-refractivity contribution in [3.8, 4) is 11.5 Å². The van der Waals surface area contributed by atoms with Gasteiger partial charge in [-0.1, -0.05) is 36.4 Å². The summed E-state index contributed by atoms with van der Waals surface area (Å²) < 4.78 is 29.3. The smallest absolute Gasteiger partial charge is 0.424 e. The molecule has 266 valence electrons. The number of benzene rings is 2. The molecule has 0 N–H and O–H groups in total. The first kappa shape index (κ1) is 36.2. The Morgan fingerprint density at radius 2 is 1.55 bits per heavy atom. The monoisotopic (exact) mass is 678 g/mol. The minimum atomic E-state index is -0.969. The largest absolute Gasteiger partial charge is 0.493 e. The van der Waals surface area contributed by atoms with Crippen LogP contribution in [0.4, 0.5) is 15.3 Å². The van der Waals surface area contributed by atoms with Crippen molar-refractivity contribution in [3.63, 3.8) is 0 Å². The van der Waals surface area contributed by atoms with Crippen LogP contribution in [0.5, 0.6) is 11.5 Å². The normalized spacial score (nSPS) is 23.5. The molecule has 2 aliphatic heterocycles. The zero-order chi connectivity index (χ0) is 35.8. The minimum Gasteiger partial charge on any atom is -0.493 e. The van der Waals surface area contributed by atoms with Gasteiger partial charge in [0.1, 0.15) is 22.7 Å². The number of rotatable bonds is 9. The third kappa shape index (κ3) is 7.00. The molecule has 3 amide bonds. The van der Waals surface area contributed by atoms with E-state index in [2.05, 4.69) is 0 Å². The molecule has 3 atom stereocenters. The van der Waals surface area contributed by atoms with E-state index < -0.39 is 40.3 Å². The average molecular weight is 679 g/mol. The highest BCUT2D eigenvalue weighted by atomic mass is 16.6. The molecule has 0 spiro atoms. The molecule has 11 nitrogen and oxygen atoms in total. The quantitative estimate of drug-likeness (QED) is 0.259. The van der Waals surface area contributed by atoms with Gasteiger partial charge in [-0.3, -0.25) is 9.59 Å². The highest BCUT2D eigenvalue weighted by Gasteiger charge is 2.67. The van der Waals surface area contributed by atoms with E-state index in [0.717, 1.165) is 10.5 Å². The highest BCUT2D eigenvalue weighted by Crippen LogP contribution is 2.62. The van der Waals surface area contributed by atoms with E-state index in [1.165, 1.54) is 14.2 Å². The molecule has 2 aromatic rings. The highest BCUT2D eigenvalue weighted by molar-refractivity contribution is 6.12. The van der Waals surface area contributed by atoms with Gasteiger partial charge in [0.2, 0.25) is 5.91 Å². The fourth-order valence-corrected chi connectivity index (χ4v) is 8.00. The number of carbonyl (C=O) groups excluding carboxylic acids is 4. The van der Waals surface area contributed by atoms with Crippen LogP contribution in [-0.2, 0) is 35.8 Å². The van der Waals surface area contributed by atoms with Crippen LogP contribution in [0.2, 0.25) is 0 Å². The lowest BCUT2D eigenvalue weighted by molar-refractivity contribution is -0.149. The number of ether oxygens (including phenoxy) is 5. The number of methoxy groups -OCH3 is 2. The Morgan fingerprint density at radius 1 is 0.898 bits per heavy atom. The number of amides is 3. The number of piperidine rings is 1. The molecule has 0 bridgehead atoms. The molecule has 1 saturated carbocycles. The summed E-state index contributed by atoms with van der Waals surface area (Å²) >= 11 is 0. The minimum absolute atomic E-state index is 0.0733. The molecule has 3 fully saturated rings. The zero-order valence-corrected chi connectivity index (χ0v) is 30.1. The summed E-state index contributed by atoms with van der Waals surface area (Å²) in [7, 11) is 2.89. The molecule has 2 aromatic carbocycles. The van der Waals surface area contributed by atoms with Crippen molar-refractivity contribution in [2.45, 2.75) is 109 Å². The van der Waals surface area contributed by atoms with Gasteiger partial charge in [0.15, 0.2) is 11.5 Å². The molecule has 2 saturated heterocycles. The van der Waals surface area contributed by atoms with Gasteiger partial charge in [-0.05, 0) is 84.4 Å². The van der Waals surface area contributed by atoms with Crippen LogP contribution in [0.15, 0.2) is 42.5 Å². The molecule has 2 heterocycles. The van der Waals surface area contributed by atoms with E-state index in [-0.39, 0.29) is 41.7 Å². The Bertz CT molecular complexity index is 1550. The topological polar surface area (TPSA) is 121 Å². The first-order valence-electron chi connectivity index (χ1n) is 17.0. The third-order valence-electron chi connectivity index (χ3n) is 9.76. The fraction of sp³-hybridized carbons (Fsp3) is 0.579. The average Bonchev–Trinajstić information content (AvgIpc) is 3.33. The number of nitrogens with zero attached hydrogens (tertiary/aromatic N) is 2. The Hall–Kier alpha value is -4.12. The lowest BCUT2D eigenvalue weighted by Gasteiger charge is -2.56. The SMILES string of the molecule is COc1ccc([C@@]23CCC(=O)[C@@]4(CCOCc5ccccc5)CCCN(C(=O)C2)[C@H]43)c(N(C(=O)OC(C)(C)C)C(=O)OC(C)(C)C)c1OC. The van der Waals surface area contributed by atoms with Crippen LogP contribution in [0.3, 0.4) is 0 Å². The van der Waals surface area contributed by atoms with Crippen molar-refractivity contribution in [1.29, 1.82) is 0 Å². The summed E-state index contributed by atoms with van der Waals surface area (Å²) in [6.45, 7) is 11.5. The van der Waals surface area contributed by atoms with Crippen LogP contribution in [0.1, 0.15) is 91.2 Å². The Balaban J connectivity index is 1.67. The van der Waals surface area contributed by atoms with Gasteiger partial charge in [-0.15, -0.1) is 0 Å². The summed E-state index contributed by atoms with van der Waals surface area (Å²) in [5.41, 5.74) is -2.13. The summed E-state index contributed by atoms with van der Waals surface area (Å²) in [6, 6.07) is 12.8. The number of Topliss-reactive ketones (excluding diaryl/α,β-unsaturated/α-hetero) is 1. The lowest BCUT2D eigenvalue weighted by Crippen LogP contribution is -2.63. The number of anilines is 1. The fourth-order valence-electron chi connectivity index (χ4n) is 8.00. The van der Waals surface area contributed by atoms with Crippen molar-refractivity contribution in [1.82, 2.24) is 4.90 Å². The molecule has 3 aliphatic rings. The number of imide groups is 1. The maximum Gasteiger partial charge on any atom is 0.424 e. The first-order chi connectivity index (χ1) is 23.1. The van der Waals surface area contributed by atoms with Crippen molar-refractivity contribution in [3.05, 3.63) is 53.6 Å². The van der Waals surface area contributed by atoms with Gasteiger partial charge >= 0.3 is 12.2 Å². The maximum absolute atomic E-state index is 14.2. The van der Waals surface area contributed by atoms with Crippen LogP contribution >= 0.6 is 0 Å². The number of hydrogen-bond donors (Lipinski definition) is 0. The molecular weight excluding hydrogens is 628 g/mol. The second-order valence-corrected chi connectivity index (χ2v) is 15.3. The second-order valence-electron chi connectivity index (χ2n) is 15.3. The van der Waals surface area contributed by atoms with Gasteiger partial charge in [0.05, 0.1) is 32.3 Å². The molecule has 0 unspecified atom stereocenters. The third-order valence-corrected chi connectivity index (χ3v) is 9.76. The van der Waals surface area contributed by atoms with E-state index >= 15 is 0 Å². The van der Waals surface area contributed by atoms with E-state index in [4.69, 9.17) is 23.7 Å². The van der Waals surface area contributed by atoms with Gasteiger partial charge in [-0.2, -0.15) is 4.90 Å². The van der Waals surface area contributed by atoms with E-state index in [1.54, 1.807) is 53.7 Å². The standard InChI is InChI=1S/C38H50N2O9/c1-35(2,3)48-33(43)40(34(44)49-36(4,5)6)30-26(15-16-27(45-7)31(30)46-8)38-19-17-28(41)37(18-12-21-39(32(37)38)29(42)23-38)20-22-47-24-25-13-10-9-11-14-25/h9-11,13-16,32H,12,17-24H2,1-8H3/t32-,37+,38-/m1/s1. The molecule has 1 aliphatic carbocycles. The van der Waals surface area contributed by atoms with Crippen LogP contribution < -0.4 is 14.4 Å². The van der Waals surface area contributed by atoms with Gasteiger partial charge < -0.3 is 28.6 Å². The predicted molar refractivity (Wildman–Crippen MR) is 183 cm³/mol. The van der Waals surface area contributed by atoms with Gasteiger partial charge in [0.25, 0.3) is 0 Å². The van der Waals surface area contributed by atoms with Crippen LogP contribution in [0, 0.1) is 5.41 Å². The lowest BCUT2D eigenvalue weighted by atomic mass is 9.52. The predicted octanol–water partition coefficient (Wildman–Crippen LogP) is 6.97.